The van der Waals surface area contributed by atoms with Crippen molar-refractivity contribution in [2.24, 2.45) is 0 Å². The Hall–Kier alpha value is -1.62. The van der Waals surface area contributed by atoms with Gasteiger partial charge in [0.25, 0.3) is 0 Å². The Balaban J connectivity index is 2.08. The van der Waals surface area contributed by atoms with Crippen LogP contribution in [0.1, 0.15) is 11.3 Å². The number of nitrogens with zero attached hydrogens (tertiary/aromatic N) is 3. The van der Waals surface area contributed by atoms with Gasteiger partial charge in [0, 0.05) is 11.8 Å². The number of rotatable bonds is 3. The van der Waals surface area contributed by atoms with Crippen LogP contribution in [0.25, 0.3) is 0 Å². The standard InChI is InChI=1S/C9H10ClN5/c1-6-8(10)12-5-13-9(6)11-4-7-2-3-14-15-7/h2-3,5H,4H2,1H3,(H,14,15)(H,11,12,13). The molecule has 0 bridgehead atoms. The van der Waals surface area contributed by atoms with E-state index >= 15 is 0 Å². The van der Waals surface area contributed by atoms with Crippen LogP contribution in [0.3, 0.4) is 0 Å². The van der Waals surface area contributed by atoms with Gasteiger partial charge in [-0.3, -0.25) is 5.10 Å². The van der Waals surface area contributed by atoms with Gasteiger partial charge >= 0.3 is 0 Å². The summed E-state index contributed by atoms with van der Waals surface area (Å²) in [6.07, 6.45) is 3.14. The number of hydrogen-bond acceptors (Lipinski definition) is 4. The molecule has 0 aromatic carbocycles. The zero-order chi connectivity index (χ0) is 10.7. The minimum absolute atomic E-state index is 0.470. The van der Waals surface area contributed by atoms with Gasteiger partial charge in [0.2, 0.25) is 0 Å². The zero-order valence-corrected chi connectivity index (χ0v) is 8.91. The third-order valence-corrected chi connectivity index (χ3v) is 2.41. The van der Waals surface area contributed by atoms with E-state index in [9.17, 15) is 0 Å². The van der Waals surface area contributed by atoms with Gasteiger partial charge in [0.05, 0.1) is 12.2 Å². The smallest absolute Gasteiger partial charge is 0.137 e. The van der Waals surface area contributed by atoms with E-state index in [4.69, 9.17) is 11.6 Å². The van der Waals surface area contributed by atoms with E-state index < -0.39 is 0 Å². The predicted octanol–water partition coefficient (Wildman–Crippen LogP) is 1.77. The van der Waals surface area contributed by atoms with Crippen LogP contribution in [0, 0.1) is 6.92 Å². The number of aromatic nitrogens is 4. The predicted molar refractivity (Wildman–Crippen MR) is 57.7 cm³/mol. The molecule has 5 nitrogen and oxygen atoms in total. The summed E-state index contributed by atoms with van der Waals surface area (Å²) < 4.78 is 0. The van der Waals surface area contributed by atoms with Crippen LogP contribution in [-0.2, 0) is 6.54 Å². The number of nitrogens with one attached hydrogen (secondary N) is 2. The minimum Gasteiger partial charge on any atom is -0.364 e. The third-order valence-electron chi connectivity index (χ3n) is 2.03. The maximum atomic E-state index is 5.86. The van der Waals surface area contributed by atoms with Gasteiger partial charge in [-0.1, -0.05) is 11.6 Å². The lowest BCUT2D eigenvalue weighted by atomic mass is 10.3. The Morgan fingerprint density at radius 1 is 1.47 bits per heavy atom. The number of hydrogen-bond donors (Lipinski definition) is 2. The van der Waals surface area contributed by atoms with Crippen LogP contribution in [0.2, 0.25) is 5.15 Å². The quantitative estimate of drug-likeness (QED) is 0.779. The summed E-state index contributed by atoms with van der Waals surface area (Å²) in [6, 6.07) is 1.89. The molecule has 6 heteroatoms. The highest BCUT2D eigenvalue weighted by Crippen LogP contribution is 2.17. The zero-order valence-electron chi connectivity index (χ0n) is 8.16. The van der Waals surface area contributed by atoms with Crippen molar-refractivity contribution in [1.29, 1.82) is 0 Å². The molecule has 0 radical (unpaired) electrons. The Morgan fingerprint density at radius 2 is 2.33 bits per heavy atom. The molecule has 0 atom stereocenters. The molecule has 0 saturated heterocycles. The fraction of sp³-hybridized carbons (Fsp3) is 0.222. The van der Waals surface area contributed by atoms with Crippen LogP contribution < -0.4 is 5.32 Å². The van der Waals surface area contributed by atoms with Crippen LogP contribution in [0.4, 0.5) is 5.82 Å². The average molecular weight is 224 g/mol. The molecule has 2 rings (SSSR count). The van der Waals surface area contributed by atoms with Crippen molar-refractivity contribution in [3.63, 3.8) is 0 Å². The van der Waals surface area contributed by atoms with E-state index in [1.54, 1.807) is 6.20 Å². The van der Waals surface area contributed by atoms with Gasteiger partial charge in [-0.25, -0.2) is 9.97 Å². The summed E-state index contributed by atoms with van der Waals surface area (Å²) in [5.74, 6) is 0.740. The third kappa shape index (κ3) is 2.24. The van der Waals surface area contributed by atoms with E-state index in [-0.39, 0.29) is 0 Å². The number of H-pyrrole nitrogens is 1. The van der Waals surface area contributed by atoms with Gasteiger partial charge < -0.3 is 5.32 Å². The van der Waals surface area contributed by atoms with Crippen LogP contribution in [-0.4, -0.2) is 20.2 Å². The monoisotopic (exact) mass is 223 g/mol. The van der Waals surface area contributed by atoms with Gasteiger partial charge in [-0.2, -0.15) is 5.10 Å². The molecule has 2 aromatic heterocycles. The van der Waals surface area contributed by atoms with E-state index in [2.05, 4.69) is 25.5 Å². The van der Waals surface area contributed by atoms with Gasteiger partial charge in [0.15, 0.2) is 0 Å². The van der Waals surface area contributed by atoms with Crippen LogP contribution >= 0.6 is 11.6 Å². The molecule has 0 aliphatic rings. The molecule has 15 heavy (non-hydrogen) atoms. The minimum atomic E-state index is 0.470. The fourth-order valence-corrected chi connectivity index (χ4v) is 1.30. The highest BCUT2D eigenvalue weighted by atomic mass is 35.5. The van der Waals surface area contributed by atoms with Gasteiger partial charge in [0.1, 0.15) is 17.3 Å². The number of anilines is 1. The van der Waals surface area contributed by atoms with Gasteiger partial charge in [-0.05, 0) is 13.0 Å². The first-order chi connectivity index (χ1) is 7.27. The van der Waals surface area contributed by atoms with Gasteiger partial charge in [-0.15, -0.1) is 0 Å². The topological polar surface area (TPSA) is 66.5 Å². The maximum absolute atomic E-state index is 5.86. The molecule has 2 heterocycles. The van der Waals surface area contributed by atoms with E-state index in [1.807, 2.05) is 13.0 Å². The highest BCUT2D eigenvalue weighted by molar-refractivity contribution is 6.30. The molecular weight excluding hydrogens is 214 g/mol. The first-order valence-electron chi connectivity index (χ1n) is 4.46. The summed E-state index contributed by atoms with van der Waals surface area (Å²) in [5, 5.41) is 10.3. The Kier molecular flexibility index (Phi) is 2.82. The maximum Gasteiger partial charge on any atom is 0.137 e. The molecule has 0 spiro atoms. The van der Waals surface area contributed by atoms with Crippen molar-refractivity contribution < 1.29 is 0 Å². The summed E-state index contributed by atoms with van der Waals surface area (Å²) >= 11 is 5.86. The molecule has 0 aliphatic heterocycles. The van der Waals surface area contributed by atoms with Crippen molar-refractivity contribution >= 4 is 17.4 Å². The largest absolute Gasteiger partial charge is 0.364 e. The lowest BCUT2D eigenvalue weighted by Gasteiger charge is -2.07. The van der Waals surface area contributed by atoms with E-state index in [0.717, 1.165) is 17.1 Å². The first kappa shape index (κ1) is 9.92. The summed E-state index contributed by atoms with van der Waals surface area (Å²) in [5.41, 5.74) is 1.84. The molecule has 78 valence electrons. The normalized spacial score (nSPS) is 10.3. The molecule has 2 aromatic rings. The van der Waals surface area contributed by atoms with Crippen LogP contribution in [0.15, 0.2) is 18.6 Å². The van der Waals surface area contributed by atoms with Crippen molar-refractivity contribution in [2.75, 3.05) is 5.32 Å². The van der Waals surface area contributed by atoms with Crippen LogP contribution in [0.5, 0.6) is 0 Å². The Morgan fingerprint density at radius 3 is 3.07 bits per heavy atom. The second kappa shape index (κ2) is 4.27. The van der Waals surface area contributed by atoms with Crippen molar-refractivity contribution in [3.8, 4) is 0 Å². The molecule has 0 fully saturated rings. The fourth-order valence-electron chi connectivity index (χ4n) is 1.17. The van der Waals surface area contributed by atoms with E-state index in [1.165, 1.54) is 6.33 Å². The van der Waals surface area contributed by atoms with E-state index in [0.29, 0.717) is 11.7 Å². The average Bonchev–Trinajstić information content (AvgIpc) is 2.73. The molecule has 0 amide bonds. The summed E-state index contributed by atoms with van der Waals surface area (Å²) in [4.78, 5) is 7.98. The van der Waals surface area contributed by atoms with Crippen molar-refractivity contribution in [1.82, 2.24) is 20.2 Å². The first-order valence-corrected chi connectivity index (χ1v) is 4.84. The highest BCUT2D eigenvalue weighted by Gasteiger charge is 2.04. The lowest BCUT2D eigenvalue weighted by Crippen LogP contribution is -2.04. The molecular formula is C9H10ClN5. The van der Waals surface area contributed by atoms with Crippen molar-refractivity contribution in [3.05, 3.63) is 35.0 Å². The second-order valence-electron chi connectivity index (χ2n) is 3.07. The summed E-state index contributed by atoms with van der Waals surface area (Å²) in [7, 11) is 0. The number of aromatic amines is 1. The molecule has 0 aliphatic carbocycles. The lowest BCUT2D eigenvalue weighted by molar-refractivity contribution is 0.967. The molecule has 2 N–H and O–H groups in total. The second-order valence-corrected chi connectivity index (χ2v) is 3.43. The molecule has 0 saturated carbocycles. The number of halogens is 1. The van der Waals surface area contributed by atoms with Crippen molar-refractivity contribution in [2.45, 2.75) is 13.5 Å². The SMILES string of the molecule is Cc1c(Cl)ncnc1NCc1ccn[nH]1. The Labute approximate surface area is 91.9 Å². The molecule has 0 unspecified atom stereocenters. The summed E-state index contributed by atoms with van der Waals surface area (Å²) in [6.45, 7) is 2.51. The Bertz CT molecular complexity index is 440.